The minimum absolute atomic E-state index is 0. The molecular formula is C24H27ClN6O7. The number of rotatable bonds is 9. The first kappa shape index (κ1) is 29.6. The third kappa shape index (κ3) is 6.37. The van der Waals surface area contributed by atoms with Crippen LogP contribution in [0.5, 0.6) is 0 Å². The molecule has 3 rings (SSSR count). The topological polar surface area (TPSA) is 195 Å². The van der Waals surface area contributed by atoms with E-state index in [1.54, 1.807) is 30.3 Å². The predicted octanol–water partition coefficient (Wildman–Crippen LogP) is 1.30. The average molecular weight is 547 g/mol. The lowest BCUT2D eigenvalue weighted by Crippen LogP contribution is -2.57. The lowest BCUT2D eigenvalue weighted by molar-refractivity contribution is -0.158. The smallest absolute Gasteiger partial charge is 0.408 e. The predicted molar refractivity (Wildman–Crippen MR) is 136 cm³/mol. The van der Waals surface area contributed by atoms with E-state index in [4.69, 9.17) is 15.9 Å². The lowest BCUT2D eigenvalue weighted by Gasteiger charge is -2.31. The van der Waals surface area contributed by atoms with Gasteiger partial charge in [0.25, 0.3) is 5.91 Å². The van der Waals surface area contributed by atoms with Gasteiger partial charge in [0.15, 0.2) is 0 Å². The third-order valence-electron chi connectivity index (χ3n) is 5.71. The molecule has 1 aliphatic heterocycles. The summed E-state index contributed by atoms with van der Waals surface area (Å²) >= 11 is 0. The number of carbonyl (C=O) groups excluding carboxylic acids is 4. The van der Waals surface area contributed by atoms with Crippen molar-refractivity contribution in [3.05, 3.63) is 71.3 Å². The fourth-order valence-corrected chi connectivity index (χ4v) is 3.64. The van der Waals surface area contributed by atoms with Gasteiger partial charge in [-0.3, -0.25) is 15.0 Å². The molecule has 0 radical (unpaired) electrons. The summed E-state index contributed by atoms with van der Waals surface area (Å²) in [4.78, 5) is 62.6. The molecule has 2 aromatic rings. The number of hydrogen-bond donors (Lipinski definition) is 5. The van der Waals surface area contributed by atoms with E-state index in [1.165, 1.54) is 31.2 Å². The number of carboxylic acid groups (broad SMARTS) is 1. The van der Waals surface area contributed by atoms with Crippen LogP contribution < -0.4 is 16.4 Å². The molecule has 1 fully saturated rings. The van der Waals surface area contributed by atoms with Crippen molar-refractivity contribution in [1.29, 1.82) is 5.41 Å². The van der Waals surface area contributed by atoms with Crippen LogP contribution in [0.4, 0.5) is 9.59 Å². The first-order chi connectivity index (χ1) is 17.4. The number of hydrazine groups is 1. The van der Waals surface area contributed by atoms with Gasteiger partial charge in [-0.15, -0.1) is 12.4 Å². The molecule has 1 saturated heterocycles. The molecule has 14 heteroatoms. The number of hydrogen-bond acceptors (Lipinski definition) is 7. The Balaban J connectivity index is 0.00000507. The Kier molecular flexibility index (Phi) is 9.39. The lowest BCUT2D eigenvalue weighted by atomic mass is 9.91. The van der Waals surface area contributed by atoms with Crippen LogP contribution in [-0.2, 0) is 31.3 Å². The summed E-state index contributed by atoms with van der Waals surface area (Å²) in [7, 11) is 0. The minimum Gasteiger partial charge on any atom is -0.480 e. The van der Waals surface area contributed by atoms with Gasteiger partial charge in [0.1, 0.15) is 24.0 Å². The van der Waals surface area contributed by atoms with Crippen LogP contribution in [0.15, 0.2) is 54.6 Å². The number of halogens is 1. The van der Waals surface area contributed by atoms with Gasteiger partial charge in [0, 0.05) is 12.5 Å². The van der Waals surface area contributed by atoms with E-state index >= 15 is 0 Å². The van der Waals surface area contributed by atoms with Crippen molar-refractivity contribution in [1.82, 2.24) is 20.7 Å². The summed E-state index contributed by atoms with van der Waals surface area (Å²) in [5.41, 5.74) is 5.28. The zero-order valence-corrected chi connectivity index (χ0v) is 21.3. The number of nitrogens with one attached hydrogen (secondary N) is 3. The number of aliphatic carboxylic acids is 1. The molecule has 1 aliphatic rings. The summed E-state index contributed by atoms with van der Waals surface area (Å²) in [6, 6.07) is 12.0. The highest BCUT2D eigenvalue weighted by molar-refractivity contribution is 6.08. The molecule has 0 saturated carbocycles. The summed E-state index contributed by atoms with van der Waals surface area (Å²) in [6.45, 7) is 1.61. The number of nitrogens with two attached hydrogens (primary N) is 1. The molecule has 2 aromatic carbocycles. The zero-order valence-electron chi connectivity index (χ0n) is 20.5. The highest BCUT2D eigenvalue weighted by Gasteiger charge is 2.52. The number of alkyl carbamates (subject to hydrolysis) is 1. The molecule has 0 spiro atoms. The second kappa shape index (κ2) is 12.1. The summed E-state index contributed by atoms with van der Waals surface area (Å²) in [5.74, 6) is -3.36. The number of ether oxygens (including phenoxy) is 1. The molecule has 0 aromatic heterocycles. The molecule has 5 amide bonds. The van der Waals surface area contributed by atoms with Crippen molar-refractivity contribution in [2.45, 2.75) is 32.0 Å². The second-order valence-corrected chi connectivity index (χ2v) is 8.36. The van der Waals surface area contributed by atoms with Gasteiger partial charge in [-0.05, 0) is 18.1 Å². The maximum Gasteiger partial charge on any atom is 0.408 e. The number of carboxylic acids is 1. The quantitative estimate of drug-likeness (QED) is 0.176. The average Bonchev–Trinajstić information content (AvgIpc) is 3.09. The van der Waals surface area contributed by atoms with E-state index in [-0.39, 0.29) is 24.8 Å². The Morgan fingerprint density at radius 1 is 1.16 bits per heavy atom. The van der Waals surface area contributed by atoms with Crippen LogP contribution in [0.2, 0.25) is 0 Å². The molecule has 0 bridgehead atoms. The third-order valence-corrected chi connectivity index (χ3v) is 5.71. The van der Waals surface area contributed by atoms with Gasteiger partial charge in [-0.25, -0.2) is 19.4 Å². The van der Waals surface area contributed by atoms with E-state index in [9.17, 15) is 29.1 Å². The van der Waals surface area contributed by atoms with Gasteiger partial charge >= 0.3 is 18.1 Å². The molecule has 13 nitrogen and oxygen atoms in total. The Hall–Kier alpha value is -4.65. The number of nitrogen functional groups attached to an aromatic ring is 1. The van der Waals surface area contributed by atoms with Gasteiger partial charge < -0.3 is 26.2 Å². The number of benzene rings is 2. The van der Waals surface area contributed by atoms with Crippen LogP contribution >= 0.6 is 12.4 Å². The fourth-order valence-electron chi connectivity index (χ4n) is 3.64. The number of amidine groups is 1. The normalized spacial score (nSPS) is 17.1. The zero-order chi connectivity index (χ0) is 27.3. The molecule has 6 N–H and O–H groups in total. The van der Waals surface area contributed by atoms with Crippen LogP contribution in [0.3, 0.4) is 0 Å². The molecule has 38 heavy (non-hydrogen) atoms. The molecule has 0 unspecified atom stereocenters. The van der Waals surface area contributed by atoms with Crippen LogP contribution in [0, 0.1) is 5.41 Å². The van der Waals surface area contributed by atoms with Crippen LogP contribution in [0.25, 0.3) is 0 Å². The van der Waals surface area contributed by atoms with Crippen molar-refractivity contribution >= 4 is 48.2 Å². The second-order valence-electron chi connectivity index (χ2n) is 8.36. The van der Waals surface area contributed by atoms with Crippen molar-refractivity contribution in [3.8, 4) is 0 Å². The summed E-state index contributed by atoms with van der Waals surface area (Å²) in [5, 5.41) is 22.9. The standard InChI is InChI=1S/C24H26N6O7.ClH/c1-14(31)29(12-18(20(32)33)27-23(36)37-13-15-6-4-3-5-7-15)30-21(34)24(2,28-22(30)35)17-10-8-16(9-11-17)19(25)26;/h3-11,18H,12-13H2,1-2H3,(H3,25,26)(H,27,36)(H,28,35)(H,32,33);1H/t18-,24+;/m0./s1. The first-order valence-corrected chi connectivity index (χ1v) is 11.0. The van der Waals surface area contributed by atoms with Gasteiger partial charge in [0.2, 0.25) is 5.91 Å². The molecule has 1 heterocycles. The highest BCUT2D eigenvalue weighted by atomic mass is 35.5. The Morgan fingerprint density at radius 2 is 1.76 bits per heavy atom. The van der Waals surface area contributed by atoms with E-state index in [2.05, 4.69) is 10.6 Å². The number of nitrogens with zero attached hydrogens (tertiary/aromatic N) is 2. The fraction of sp³-hybridized carbons (Fsp3) is 0.250. The Bertz CT molecular complexity index is 1240. The van der Waals surface area contributed by atoms with E-state index in [1.807, 2.05) is 0 Å². The Labute approximate surface area is 223 Å². The number of carbonyl (C=O) groups is 5. The largest absolute Gasteiger partial charge is 0.480 e. The monoisotopic (exact) mass is 546 g/mol. The van der Waals surface area contributed by atoms with Gasteiger partial charge in [0.05, 0.1) is 6.54 Å². The van der Waals surface area contributed by atoms with E-state index < -0.39 is 48.0 Å². The maximum absolute atomic E-state index is 13.4. The van der Waals surface area contributed by atoms with Crippen molar-refractivity contribution < 1.29 is 33.8 Å². The highest BCUT2D eigenvalue weighted by Crippen LogP contribution is 2.30. The van der Waals surface area contributed by atoms with Crippen molar-refractivity contribution in [3.63, 3.8) is 0 Å². The maximum atomic E-state index is 13.4. The van der Waals surface area contributed by atoms with Gasteiger partial charge in [-0.1, -0.05) is 54.6 Å². The summed E-state index contributed by atoms with van der Waals surface area (Å²) < 4.78 is 5.04. The Morgan fingerprint density at radius 3 is 2.29 bits per heavy atom. The van der Waals surface area contributed by atoms with E-state index in [0.29, 0.717) is 26.7 Å². The number of urea groups is 1. The molecular weight excluding hydrogens is 520 g/mol. The molecule has 202 valence electrons. The number of amides is 5. The van der Waals surface area contributed by atoms with Crippen LogP contribution in [0.1, 0.15) is 30.5 Å². The van der Waals surface area contributed by atoms with Crippen molar-refractivity contribution in [2.75, 3.05) is 6.54 Å². The SMILES string of the molecule is CC(=O)N(C[C@H](NC(=O)OCc1ccccc1)C(=O)O)N1C(=O)N[C@](C)(c2ccc(C(=N)N)cc2)C1=O.Cl. The minimum atomic E-state index is -1.70. The van der Waals surface area contributed by atoms with Crippen molar-refractivity contribution in [2.24, 2.45) is 5.73 Å². The molecule has 2 atom stereocenters. The first-order valence-electron chi connectivity index (χ1n) is 11.0. The number of imide groups is 1. The van der Waals surface area contributed by atoms with Gasteiger partial charge in [-0.2, -0.15) is 5.01 Å². The van der Waals surface area contributed by atoms with E-state index in [0.717, 1.165) is 6.92 Å². The summed E-state index contributed by atoms with van der Waals surface area (Å²) in [6.07, 6.45) is -1.06. The van der Waals surface area contributed by atoms with Crippen LogP contribution in [-0.4, -0.2) is 63.5 Å². The molecule has 0 aliphatic carbocycles.